The quantitative estimate of drug-likeness (QED) is 0.408. The Morgan fingerprint density at radius 3 is 2.00 bits per heavy atom. The van der Waals surface area contributed by atoms with E-state index >= 15 is 0 Å². The molecule has 1 aliphatic carbocycles. The minimum absolute atomic E-state index is 0.625. The van der Waals surface area contributed by atoms with Crippen molar-refractivity contribution in [3.63, 3.8) is 0 Å². The van der Waals surface area contributed by atoms with Gasteiger partial charge in [0.2, 0.25) is 0 Å². The van der Waals surface area contributed by atoms with Gasteiger partial charge in [-0.1, -0.05) is 13.8 Å². The Hall–Kier alpha value is 0.430. The van der Waals surface area contributed by atoms with Crippen LogP contribution in [0.25, 0.3) is 0 Å². The van der Waals surface area contributed by atoms with Gasteiger partial charge in [0.1, 0.15) is 0 Å². The average Bonchev–Trinajstić information content (AvgIpc) is 1.73. The van der Waals surface area contributed by atoms with Crippen LogP contribution in [0.5, 0.6) is 0 Å². The first kappa shape index (κ1) is 4.59. The second-order valence-electron chi connectivity index (χ2n) is 2.61. The molecule has 6 heavy (non-hydrogen) atoms. The van der Waals surface area contributed by atoms with Crippen molar-refractivity contribution in [3.8, 4) is 0 Å². The monoisotopic (exact) mass is 102 g/mol. The van der Waals surface area contributed by atoms with E-state index in [2.05, 4.69) is 23.1 Å². The van der Waals surface area contributed by atoms with Crippen molar-refractivity contribution in [2.24, 2.45) is 5.92 Å². The highest BCUT2D eigenvalue weighted by molar-refractivity contribution is 7.19. The molecule has 0 spiro atoms. The van der Waals surface area contributed by atoms with E-state index in [1.165, 1.54) is 6.42 Å². The van der Waals surface area contributed by atoms with Gasteiger partial charge in [-0.15, -0.1) is 9.24 Å². The molecule has 0 saturated heterocycles. The Labute approximate surface area is 41.5 Å². The van der Waals surface area contributed by atoms with E-state index < -0.39 is 0 Å². The molecular formula is C5H11P. The molecule has 1 heteroatoms. The topological polar surface area (TPSA) is 0 Å². The summed E-state index contributed by atoms with van der Waals surface area (Å²) in [6, 6.07) is 0. The van der Waals surface area contributed by atoms with Crippen LogP contribution in [0.3, 0.4) is 0 Å². The third-order valence-corrected chi connectivity index (χ3v) is 2.52. The molecule has 0 nitrogen and oxygen atoms in total. The van der Waals surface area contributed by atoms with Gasteiger partial charge in [-0.05, 0) is 17.5 Å². The van der Waals surface area contributed by atoms with E-state index in [1.807, 2.05) is 0 Å². The van der Waals surface area contributed by atoms with Crippen LogP contribution in [-0.2, 0) is 0 Å². The van der Waals surface area contributed by atoms with Crippen molar-refractivity contribution >= 4 is 9.24 Å². The summed E-state index contributed by atoms with van der Waals surface area (Å²) in [5.41, 5.74) is 0. The van der Waals surface area contributed by atoms with E-state index in [4.69, 9.17) is 0 Å². The van der Waals surface area contributed by atoms with Gasteiger partial charge < -0.3 is 0 Å². The van der Waals surface area contributed by atoms with Crippen molar-refractivity contribution < 1.29 is 0 Å². The maximum absolute atomic E-state index is 2.87. The molecule has 1 saturated carbocycles. The van der Waals surface area contributed by atoms with Crippen LogP contribution in [0.2, 0.25) is 0 Å². The van der Waals surface area contributed by atoms with Crippen LogP contribution in [0, 0.1) is 5.92 Å². The molecule has 1 fully saturated rings. The summed E-state index contributed by atoms with van der Waals surface area (Å²) < 4.78 is 0. The molecule has 0 bridgehead atoms. The van der Waals surface area contributed by atoms with Gasteiger partial charge in [-0.2, -0.15) is 0 Å². The molecule has 36 valence electrons. The highest BCUT2D eigenvalue weighted by Gasteiger charge is 2.41. The summed E-state index contributed by atoms with van der Waals surface area (Å²) in [5.74, 6) is 0.961. The fourth-order valence-electron chi connectivity index (χ4n) is 0.601. The highest BCUT2D eigenvalue weighted by Crippen LogP contribution is 2.50. The summed E-state index contributed by atoms with van der Waals surface area (Å²) in [5, 5.41) is 0.625. The lowest BCUT2D eigenvalue weighted by Gasteiger charge is -1.91. The van der Waals surface area contributed by atoms with Crippen molar-refractivity contribution in [2.75, 3.05) is 0 Å². The van der Waals surface area contributed by atoms with Crippen molar-refractivity contribution in [1.29, 1.82) is 0 Å². The number of hydrogen-bond acceptors (Lipinski definition) is 0. The van der Waals surface area contributed by atoms with Crippen molar-refractivity contribution in [1.82, 2.24) is 0 Å². The largest absolute Gasteiger partial charge is 0.131 e. The minimum atomic E-state index is 0.625. The molecule has 0 radical (unpaired) electrons. The standard InChI is InChI=1S/C5H11P/c1-4-3-5(4,2)6/h4H,3,6H2,1-2H3. The van der Waals surface area contributed by atoms with Crippen molar-refractivity contribution in [2.45, 2.75) is 25.4 Å². The minimum Gasteiger partial charge on any atom is -0.131 e. The normalized spacial score (nSPS) is 55.5. The fraction of sp³-hybridized carbons (Fsp3) is 1.00. The third kappa shape index (κ3) is 0.586. The van der Waals surface area contributed by atoms with Crippen LogP contribution in [-0.4, -0.2) is 5.16 Å². The molecule has 0 amide bonds. The van der Waals surface area contributed by atoms with E-state index in [-0.39, 0.29) is 0 Å². The number of hydrogen-bond donors (Lipinski definition) is 0. The van der Waals surface area contributed by atoms with Gasteiger partial charge in [0.15, 0.2) is 0 Å². The van der Waals surface area contributed by atoms with E-state index in [0.29, 0.717) is 5.16 Å². The fourth-order valence-corrected chi connectivity index (χ4v) is 0.954. The summed E-state index contributed by atoms with van der Waals surface area (Å²) >= 11 is 0. The lowest BCUT2D eigenvalue weighted by molar-refractivity contribution is 0.879. The van der Waals surface area contributed by atoms with Crippen LogP contribution in [0.1, 0.15) is 20.3 Å². The average molecular weight is 102 g/mol. The van der Waals surface area contributed by atoms with Crippen molar-refractivity contribution in [3.05, 3.63) is 0 Å². The predicted octanol–water partition coefficient (Wildman–Crippen LogP) is 1.66. The summed E-state index contributed by atoms with van der Waals surface area (Å²) in [4.78, 5) is 0. The Morgan fingerprint density at radius 1 is 1.83 bits per heavy atom. The first-order valence-electron chi connectivity index (χ1n) is 2.42. The Bertz CT molecular complexity index is 66.3. The zero-order valence-corrected chi connectivity index (χ0v) is 5.52. The van der Waals surface area contributed by atoms with Crippen LogP contribution in [0.4, 0.5) is 0 Å². The molecule has 0 heterocycles. The van der Waals surface area contributed by atoms with Gasteiger partial charge in [-0.25, -0.2) is 0 Å². The first-order valence-corrected chi connectivity index (χ1v) is 2.99. The lowest BCUT2D eigenvalue weighted by atomic mass is 10.4. The summed E-state index contributed by atoms with van der Waals surface area (Å²) in [6.07, 6.45) is 1.40. The Balaban J connectivity index is 2.41. The van der Waals surface area contributed by atoms with Crippen LogP contribution < -0.4 is 0 Å². The predicted molar refractivity (Wildman–Crippen MR) is 31.9 cm³/mol. The molecule has 3 atom stereocenters. The molecule has 0 aromatic heterocycles. The molecule has 3 unspecified atom stereocenters. The molecule has 0 aromatic carbocycles. The zero-order chi connectivity index (χ0) is 4.78. The number of rotatable bonds is 0. The first-order chi connectivity index (χ1) is 2.63. The highest BCUT2D eigenvalue weighted by atomic mass is 31.0. The summed E-state index contributed by atoms with van der Waals surface area (Å²) in [7, 11) is 2.87. The van der Waals surface area contributed by atoms with Gasteiger partial charge >= 0.3 is 0 Å². The lowest BCUT2D eigenvalue weighted by Crippen LogP contribution is -1.86. The summed E-state index contributed by atoms with van der Waals surface area (Å²) in [6.45, 7) is 4.56. The van der Waals surface area contributed by atoms with Crippen LogP contribution in [0.15, 0.2) is 0 Å². The smallest absolute Gasteiger partial charge is 0.0150 e. The molecular weight excluding hydrogens is 91.0 g/mol. The Kier molecular flexibility index (Phi) is 0.749. The van der Waals surface area contributed by atoms with E-state index in [0.717, 1.165) is 5.92 Å². The van der Waals surface area contributed by atoms with Gasteiger partial charge in [0.05, 0.1) is 0 Å². The molecule has 0 aromatic rings. The maximum atomic E-state index is 2.87. The second-order valence-corrected chi connectivity index (χ2v) is 3.93. The van der Waals surface area contributed by atoms with E-state index in [9.17, 15) is 0 Å². The second kappa shape index (κ2) is 0.980. The molecule has 1 rings (SSSR count). The van der Waals surface area contributed by atoms with Gasteiger partial charge in [0, 0.05) is 0 Å². The molecule has 0 aliphatic heterocycles. The van der Waals surface area contributed by atoms with E-state index in [1.54, 1.807) is 0 Å². The van der Waals surface area contributed by atoms with Gasteiger partial charge in [-0.3, -0.25) is 0 Å². The maximum Gasteiger partial charge on any atom is -0.0150 e. The zero-order valence-electron chi connectivity index (χ0n) is 4.36. The van der Waals surface area contributed by atoms with Gasteiger partial charge in [0.25, 0.3) is 0 Å². The SMILES string of the molecule is CC1CC1(C)P. The van der Waals surface area contributed by atoms with Crippen LogP contribution >= 0.6 is 9.24 Å². The Morgan fingerprint density at radius 2 is 2.00 bits per heavy atom. The molecule has 0 N–H and O–H groups in total. The third-order valence-electron chi connectivity index (χ3n) is 1.71. The molecule has 1 aliphatic rings.